The summed E-state index contributed by atoms with van der Waals surface area (Å²) in [6, 6.07) is -0.0130. The molecular formula is C13H21N3O2. The van der Waals surface area contributed by atoms with Gasteiger partial charge in [-0.1, -0.05) is 12.2 Å². The predicted molar refractivity (Wildman–Crippen MR) is 68.6 cm³/mol. The maximum absolute atomic E-state index is 11.9. The third-order valence-corrected chi connectivity index (χ3v) is 3.51. The van der Waals surface area contributed by atoms with Gasteiger partial charge < -0.3 is 16.0 Å². The Morgan fingerprint density at radius 1 is 1.61 bits per heavy atom. The molecule has 0 saturated carbocycles. The van der Waals surface area contributed by atoms with Crippen LogP contribution in [0.3, 0.4) is 0 Å². The van der Waals surface area contributed by atoms with E-state index in [1.54, 1.807) is 0 Å². The Labute approximate surface area is 107 Å². The molecule has 0 aromatic rings. The van der Waals surface area contributed by atoms with Crippen LogP contribution in [-0.4, -0.2) is 41.9 Å². The third kappa shape index (κ3) is 3.10. The van der Waals surface area contributed by atoms with Crippen molar-refractivity contribution in [1.82, 2.24) is 10.2 Å². The van der Waals surface area contributed by atoms with Crippen molar-refractivity contribution in [2.75, 3.05) is 13.1 Å². The molecule has 0 aromatic heterocycles. The van der Waals surface area contributed by atoms with Crippen LogP contribution in [0.2, 0.25) is 0 Å². The normalized spacial score (nSPS) is 28.8. The van der Waals surface area contributed by atoms with E-state index < -0.39 is 0 Å². The minimum Gasteiger partial charge on any atom is -0.351 e. The third-order valence-electron chi connectivity index (χ3n) is 3.51. The van der Waals surface area contributed by atoms with Gasteiger partial charge in [-0.15, -0.1) is 0 Å². The van der Waals surface area contributed by atoms with Gasteiger partial charge in [-0.25, -0.2) is 0 Å². The van der Waals surface area contributed by atoms with Gasteiger partial charge in [-0.3, -0.25) is 9.59 Å². The van der Waals surface area contributed by atoms with E-state index in [0.717, 1.165) is 13.0 Å². The van der Waals surface area contributed by atoms with Gasteiger partial charge in [0, 0.05) is 31.6 Å². The molecular weight excluding hydrogens is 230 g/mol. The van der Waals surface area contributed by atoms with Gasteiger partial charge in [0.25, 0.3) is 0 Å². The first-order valence-electron chi connectivity index (χ1n) is 6.58. The van der Waals surface area contributed by atoms with Crippen molar-refractivity contribution >= 4 is 11.8 Å². The summed E-state index contributed by atoms with van der Waals surface area (Å²) in [5.41, 5.74) is 5.72. The summed E-state index contributed by atoms with van der Waals surface area (Å²) in [5, 5.41) is 2.95. The first-order chi connectivity index (χ1) is 8.56. The number of carbonyl (C=O) groups is 2. The van der Waals surface area contributed by atoms with E-state index in [1.165, 1.54) is 0 Å². The topological polar surface area (TPSA) is 75.4 Å². The second-order valence-corrected chi connectivity index (χ2v) is 5.24. The molecule has 5 nitrogen and oxygen atoms in total. The van der Waals surface area contributed by atoms with Gasteiger partial charge >= 0.3 is 0 Å². The summed E-state index contributed by atoms with van der Waals surface area (Å²) in [6.07, 6.45) is 5.99. The van der Waals surface area contributed by atoms with Gasteiger partial charge in [-0.05, 0) is 19.8 Å². The van der Waals surface area contributed by atoms with Crippen LogP contribution in [0.4, 0.5) is 0 Å². The first-order valence-corrected chi connectivity index (χ1v) is 6.58. The number of likely N-dealkylation sites (tertiary alicyclic amines) is 1. The van der Waals surface area contributed by atoms with Crippen molar-refractivity contribution in [3.63, 3.8) is 0 Å². The monoisotopic (exact) mass is 251 g/mol. The lowest BCUT2D eigenvalue weighted by Gasteiger charge is -2.22. The highest BCUT2D eigenvalue weighted by atomic mass is 16.2. The number of carbonyl (C=O) groups excluding carboxylic acids is 2. The van der Waals surface area contributed by atoms with Crippen LogP contribution >= 0.6 is 0 Å². The predicted octanol–water partition coefficient (Wildman–Crippen LogP) is 0.0169. The van der Waals surface area contributed by atoms with Gasteiger partial charge in [0.1, 0.15) is 0 Å². The average Bonchev–Trinajstić information content (AvgIpc) is 2.89. The molecule has 2 rings (SSSR count). The Balaban J connectivity index is 1.77. The average molecular weight is 251 g/mol. The fourth-order valence-corrected chi connectivity index (χ4v) is 2.54. The number of nitrogens with one attached hydrogen (secondary N) is 1. The number of nitrogens with two attached hydrogens (primary N) is 1. The Morgan fingerprint density at radius 3 is 2.94 bits per heavy atom. The molecule has 1 aliphatic carbocycles. The fourth-order valence-electron chi connectivity index (χ4n) is 2.54. The molecule has 3 unspecified atom stereocenters. The smallest absolute Gasteiger partial charge is 0.227 e. The molecule has 0 spiro atoms. The molecule has 18 heavy (non-hydrogen) atoms. The second-order valence-electron chi connectivity index (χ2n) is 5.24. The molecule has 0 radical (unpaired) electrons. The number of nitrogens with zero attached hydrogens (tertiary/aromatic N) is 1. The van der Waals surface area contributed by atoms with Gasteiger partial charge in [0.05, 0.1) is 5.92 Å². The standard InChI is InChI=1S/C13H21N3O2/c1-9(8-16-6-2-3-12(16)17)15-13(18)10-4-5-11(14)7-10/h4-5,9-11H,2-3,6-8,14H2,1H3,(H,15,18). The van der Waals surface area contributed by atoms with Crippen molar-refractivity contribution in [1.29, 1.82) is 0 Å². The summed E-state index contributed by atoms with van der Waals surface area (Å²) in [7, 11) is 0. The number of hydrogen-bond donors (Lipinski definition) is 2. The lowest BCUT2D eigenvalue weighted by atomic mass is 10.1. The summed E-state index contributed by atoms with van der Waals surface area (Å²) >= 11 is 0. The highest BCUT2D eigenvalue weighted by Gasteiger charge is 2.26. The van der Waals surface area contributed by atoms with E-state index in [9.17, 15) is 9.59 Å². The van der Waals surface area contributed by atoms with Gasteiger partial charge in [0.15, 0.2) is 0 Å². The fraction of sp³-hybridized carbons (Fsp3) is 0.692. The summed E-state index contributed by atoms with van der Waals surface area (Å²) in [4.78, 5) is 25.2. The summed E-state index contributed by atoms with van der Waals surface area (Å²) in [5.74, 6) is 0.0916. The van der Waals surface area contributed by atoms with Crippen molar-refractivity contribution < 1.29 is 9.59 Å². The van der Waals surface area contributed by atoms with Gasteiger partial charge in [-0.2, -0.15) is 0 Å². The largest absolute Gasteiger partial charge is 0.351 e. The zero-order chi connectivity index (χ0) is 13.1. The molecule has 5 heteroatoms. The summed E-state index contributed by atoms with van der Waals surface area (Å²) < 4.78 is 0. The molecule has 3 N–H and O–H groups in total. The van der Waals surface area contributed by atoms with E-state index in [0.29, 0.717) is 19.4 Å². The van der Waals surface area contributed by atoms with Crippen LogP contribution in [0.25, 0.3) is 0 Å². The van der Waals surface area contributed by atoms with Crippen LogP contribution < -0.4 is 11.1 Å². The SMILES string of the molecule is CC(CN1CCCC1=O)NC(=O)C1C=CC(N)C1. The Morgan fingerprint density at radius 2 is 2.39 bits per heavy atom. The molecule has 1 fully saturated rings. The lowest BCUT2D eigenvalue weighted by molar-refractivity contribution is -0.129. The summed E-state index contributed by atoms with van der Waals surface area (Å²) in [6.45, 7) is 3.35. The quantitative estimate of drug-likeness (QED) is 0.691. The van der Waals surface area contributed by atoms with E-state index in [2.05, 4.69) is 5.32 Å². The second kappa shape index (κ2) is 5.52. The van der Waals surface area contributed by atoms with Crippen molar-refractivity contribution in [3.05, 3.63) is 12.2 Å². The van der Waals surface area contributed by atoms with Crippen molar-refractivity contribution in [2.24, 2.45) is 11.7 Å². The van der Waals surface area contributed by atoms with Crippen LogP contribution in [-0.2, 0) is 9.59 Å². The molecule has 3 atom stereocenters. The van der Waals surface area contributed by atoms with Crippen LogP contribution in [0.15, 0.2) is 12.2 Å². The molecule has 0 bridgehead atoms. The van der Waals surface area contributed by atoms with E-state index in [-0.39, 0.29) is 29.8 Å². The van der Waals surface area contributed by atoms with Crippen LogP contribution in [0, 0.1) is 5.92 Å². The van der Waals surface area contributed by atoms with E-state index >= 15 is 0 Å². The van der Waals surface area contributed by atoms with Gasteiger partial charge in [0.2, 0.25) is 11.8 Å². The zero-order valence-corrected chi connectivity index (χ0v) is 10.8. The highest BCUT2D eigenvalue weighted by Crippen LogP contribution is 2.16. The molecule has 1 heterocycles. The van der Waals surface area contributed by atoms with E-state index in [1.807, 2.05) is 24.0 Å². The van der Waals surface area contributed by atoms with Crippen LogP contribution in [0.1, 0.15) is 26.2 Å². The molecule has 100 valence electrons. The Kier molecular flexibility index (Phi) is 4.01. The molecule has 2 amide bonds. The molecule has 1 aliphatic heterocycles. The maximum Gasteiger partial charge on any atom is 0.227 e. The Hall–Kier alpha value is -1.36. The first kappa shape index (κ1) is 13.1. The van der Waals surface area contributed by atoms with E-state index in [4.69, 9.17) is 5.73 Å². The molecule has 0 aromatic carbocycles. The van der Waals surface area contributed by atoms with Crippen molar-refractivity contribution in [3.8, 4) is 0 Å². The number of amides is 2. The molecule has 2 aliphatic rings. The number of rotatable bonds is 4. The minimum atomic E-state index is -0.114. The van der Waals surface area contributed by atoms with Crippen molar-refractivity contribution in [2.45, 2.75) is 38.3 Å². The Bertz CT molecular complexity index is 367. The maximum atomic E-state index is 11.9. The zero-order valence-electron chi connectivity index (χ0n) is 10.8. The lowest BCUT2D eigenvalue weighted by Crippen LogP contribution is -2.44. The van der Waals surface area contributed by atoms with Crippen LogP contribution in [0.5, 0.6) is 0 Å². The highest BCUT2D eigenvalue weighted by molar-refractivity contribution is 5.81. The minimum absolute atomic E-state index is 0.00350. The number of hydrogen-bond acceptors (Lipinski definition) is 3. The molecule has 1 saturated heterocycles.